The van der Waals surface area contributed by atoms with Crippen molar-refractivity contribution in [1.82, 2.24) is 19.2 Å². The minimum absolute atomic E-state index is 0.167. The summed E-state index contributed by atoms with van der Waals surface area (Å²) in [6, 6.07) is 3.81. The van der Waals surface area contributed by atoms with Gasteiger partial charge in [-0.3, -0.25) is 18.9 Å². The van der Waals surface area contributed by atoms with E-state index in [1.54, 1.807) is 21.6 Å². The van der Waals surface area contributed by atoms with Gasteiger partial charge in [0.1, 0.15) is 15.8 Å². The summed E-state index contributed by atoms with van der Waals surface area (Å²) in [7, 11) is 2.08. The number of fused-ring (bicyclic) bond motifs is 1. The molecule has 1 amide bonds. The average molecular weight is 488 g/mol. The number of amides is 1. The van der Waals surface area contributed by atoms with Crippen molar-refractivity contribution in [3.63, 3.8) is 0 Å². The van der Waals surface area contributed by atoms with Crippen molar-refractivity contribution < 1.29 is 9.53 Å². The molecule has 2 aromatic rings. The summed E-state index contributed by atoms with van der Waals surface area (Å²) in [5.41, 5.74) is 1.81. The molecule has 0 atom stereocenters. The molecular formula is C23H29N5O3S2. The number of ether oxygens (including phenoxy) is 1. The fraction of sp³-hybridized carbons (Fsp3) is 0.478. The minimum atomic E-state index is -0.181. The molecule has 33 heavy (non-hydrogen) atoms. The number of carbonyl (C=O) groups excluding carboxylic acids is 1. The number of likely N-dealkylation sites (N-methyl/N-ethyl adjacent to an activating group) is 1. The number of carbonyl (C=O) groups is 1. The third-order valence-electron chi connectivity index (χ3n) is 5.81. The molecule has 0 aromatic carbocycles. The van der Waals surface area contributed by atoms with Crippen LogP contribution in [0, 0.1) is 6.92 Å². The molecule has 2 aliphatic heterocycles. The Hall–Kier alpha value is -2.27. The van der Waals surface area contributed by atoms with E-state index in [-0.39, 0.29) is 11.5 Å². The molecule has 10 heteroatoms. The first-order chi connectivity index (χ1) is 15.9. The number of aromatic nitrogens is 2. The van der Waals surface area contributed by atoms with Crippen molar-refractivity contribution in [2.45, 2.75) is 20.3 Å². The van der Waals surface area contributed by atoms with Gasteiger partial charge in [-0.2, -0.15) is 0 Å². The number of thioether (sulfide) groups is 1. The van der Waals surface area contributed by atoms with Crippen LogP contribution in [0.4, 0.5) is 5.82 Å². The molecule has 0 unspecified atom stereocenters. The summed E-state index contributed by atoms with van der Waals surface area (Å²) >= 11 is 6.70. The van der Waals surface area contributed by atoms with Gasteiger partial charge in [-0.25, -0.2) is 4.98 Å². The van der Waals surface area contributed by atoms with E-state index in [2.05, 4.69) is 16.8 Å². The van der Waals surface area contributed by atoms with Crippen molar-refractivity contribution >= 4 is 51.7 Å². The van der Waals surface area contributed by atoms with E-state index in [4.69, 9.17) is 21.9 Å². The number of rotatable bonds is 7. The Kier molecular flexibility index (Phi) is 7.48. The first kappa shape index (κ1) is 23.9. The predicted molar refractivity (Wildman–Crippen MR) is 137 cm³/mol. The van der Waals surface area contributed by atoms with Gasteiger partial charge in [-0.05, 0) is 45.0 Å². The lowest BCUT2D eigenvalue weighted by Gasteiger charge is -2.34. The third-order valence-corrected chi connectivity index (χ3v) is 7.19. The van der Waals surface area contributed by atoms with Gasteiger partial charge in [0.2, 0.25) is 0 Å². The number of nitrogens with zero attached hydrogens (tertiary/aromatic N) is 5. The van der Waals surface area contributed by atoms with Crippen LogP contribution in [0.15, 0.2) is 28.0 Å². The Balaban J connectivity index is 1.72. The van der Waals surface area contributed by atoms with Gasteiger partial charge in [-0.15, -0.1) is 0 Å². The Morgan fingerprint density at radius 2 is 1.97 bits per heavy atom. The van der Waals surface area contributed by atoms with Crippen molar-refractivity contribution in [2.24, 2.45) is 0 Å². The summed E-state index contributed by atoms with van der Waals surface area (Å²) in [5.74, 6) is 0.457. The SMILES string of the molecule is CCOCCCN1C(=O)/C(=C/c2c(N3CCN(C)CC3)nc3ccc(C)cn3c2=O)SC1=S. The maximum Gasteiger partial charge on any atom is 0.267 e. The summed E-state index contributed by atoms with van der Waals surface area (Å²) < 4.78 is 7.45. The molecule has 4 rings (SSSR count). The standard InChI is InChI=1S/C23H29N5O3S2/c1-4-31-13-5-8-27-22(30)18(33-23(27)32)14-17-20(26-11-9-25(3)10-12-26)24-19-7-6-16(2)15-28(19)21(17)29/h6-7,14-15H,4-5,8-13H2,1-3H3/b18-14-. The van der Waals surface area contributed by atoms with E-state index in [0.717, 1.165) is 31.7 Å². The zero-order valence-corrected chi connectivity index (χ0v) is 20.9. The fourth-order valence-corrected chi connectivity index (χ4v) is 5.22. The molecule has 2 fully saturated rings. The zero-order chi connectivity index (χ0) is 23.5. The summed E-state index contributed by atoms with van der Waals surface area (Å²) in [4.78, 5) is 37.9. The van der Waals surface area contributed by atoms with Gasteiger partial charge in [0.25, 0.3) is 11.5 Å². The van der Waals surface area contributed by atoms with Gasteiger partial charge < -0.3 is 14.5 Å². The van der Waals surface area contributed by atoms with Crippen molar-refractivity contribution in [2.75, 3.05) is 57.9 Å². The first-order valence-electron chi connectivity index (χ1n) is 11.2. The molecule has 176 valence electrons. The van der Waals surface area contributed by atoms with Crippen LogP contribution in [0.3, 0.4) is 0 Å². The molecule has 8 nitrogen and oxygen atoms in total. The number of anilines is 1. The molecule has 0 saturated carbocycles. The highest BCUT2D eigenvalue weighted by Crippen LogP contribution is 2.33. The van der Waals surface area contributed by atoms with Gasteiger partial charge in [0.05, 0.1) is 10.5 Å². The molecule has 0 radical (unpaired) electrons. The van der Waals surface area contributed by atoms with E-state index in [1.807, 2.05) is 26.0 Å². The second-order valence-corrected chi connectivity index (χ2v) is 9.94. The van der Waals surface area contributed by atoms with Crippen molar-refractivity contribution in [3.05, 3.63) is 44.7 Å². The van der Waals surface area contributed by atoms with E-state index >= 15 is 0 Å². The van der Waals surface area contributed by atoms with Crippen LogP contribution in [0.25, 0.3) is 11.7 Å². The Morgan fingerprint density at radius 3 is 2.70 bits per heavy atom. The van der Waals surface area contributed by atoms with Crippen molar-refractivity contribution in [3.8, 4) is 0 Å². The van der Waals surface area contributed by atoms with Gasteiger partial charge in [0, 0.05) is 52.1 Å². The van der Waals surface area contributed by atoms with Crippen LogP contribution < -0.4 is 10.5 Å². The zero-order valence-electron chi connectivity index (χ0n) is 19.2. The first-order valence-corrected chi connectivity index (χ1v) is 12.4. The summed E-state index contributed by atoms with van der Waals surface area (Å²) in [6.45, 7) is 8.91. The van der Waals surface area contributed by atoms with Crippen LogP contribution in [0.1, 0.15) is 24.5 Å². The van der Waals surface area contributed by atoms with Crippen LogP contribution in [0.5, 0.6) is 0 Å². The molecule has 2 aliphatic rings. The van der Waals surface area contributed by atoms with Crippen LogP contribution >= 0.6 is 24.0 Å². The number of pyridine rings is 1. The predicted octanol–water partition coefficient (Wildman–Crippen LogP) is 2.38. The highest BCUT2D eigenvalue weighted by molar-refractivity contribution is 8.26. The maximum absolute atomic E-state index is 13.6. The lowest BCUT2D eigenvalue weighted by molar-refractivity contribution is -0.122. The molecule has 0 spiro atoms. The van der Waals surface area contributed by atoms with Crippen LogP contribution in [-0.2, 0) is 9.53 Å². The molecule has 0 bridgehead atoms. The molecule has 0 aliphatic carbocycles. The number of thiocarbonyl (C=S) groups is 1. The Labute approximate surface area is 203 Å². The number of aryl methyl sites for hydroxylation is 1. The second-order valence-electron chi connectivity index (χ2n) is 8.26. The molecule has 4 heterocycles. The monoisotopic (exact) mass is 487 g/mol. The van der Waals surface area contributed by atoms with E-state index in [9.17, 15) is 9.59 Å². The third kappa shape index (κ3) is 5.13. The summed E-state index contributed by atoms with van der Waals surface area (Å²) in [5, 5.41) is 0. The molecular weight excluding hydrogens is 458 g/mol. The normalized spacial score (nSPS) is 18.8. The topological polar surface area (TPSA) is 70.4 Å². The smallest absolute Gasteiger partial charge is 0.267 e. The average Bonchev–Trinajstić information content (AvgIpc) is 3.06. The Morgan fingerprint density at radius 1 is 1.21 bits per heavy atom. The van der Waals surface area contributed by atoms with Crippen molar-refractivity contribution in [1.29, 1.82) is 0 Å². The van der Waals surface area contributed by atoms with Gasteiger partial charge >= 0.3 is 0 Å². The van der Waals surface area contributed by atoms with Gasteiger partial charge in [0.15, 0.2) is 0 Å². The summed E-state index contributed by atoms with van der Waals surface area (Å²) in [6.07, 6.45) is 4.17. The number of piperazine rings is 1. The quantitative estimate of drug-likeness (QED) is 0.335. The highest BCUT2D eigenvalue weighted by Gasteiger charge is 2.32. The number of hydrogen-bond acceptors (Lipinski definition) is 8. The minimum Gasteiger partial charge on any atom is -0.382 e. The second kappa shape index (κ2) is 10.3. The van der Waals surface area contributed by atoms with Crippen LogP contribution in [0.2, 0.25) is 0 Å². The maximum atomic E-state index is 13.6. The fourth-order valence-electron chi connectivity index (χ4n) is 3.93. The lowest BCUT2D eigenvalue weighted by atomic mass is 10.2. The highest BCUT2D eigenvalue weighted by atomic mass is 32.2. The van der Waals surface area contributed by atoms with E-state index < -0.39 is 0 Å². The Bertz CT molecular complexity index is 1150. The van der Waals surface area contributed by atoms with Crippen LogP contribution in [-0.4, -0.2) is 82.4 Å². The molecule has 0 N–H and O–H groups in total. The lowest BCUT2D eigenvalue weighted by Crippen LogP contribution is -2.45. The molecule has 2 aromatic heterocycles. The van der Waals surface area contributed by atoms with Gasteiger partial charge in [-0.1, -0.05) is 30.0 Å². The van der Waals surface area contributed by atoms with E-state index in [1.165, 1.54) is 11.8 Å². The largest absolute Gasteiger partial charge is 0.382 e. The molecule has 2 saturated heterocycles. The number of hydrogen-bond donors (Lipinski definition) is 0. The van der Waals surface area contributed by atoms with E-state index in [0.29, 0.717) is 52.4 Å².